The number of amides is 1. The number of carbonyl (C=O) groups is 1. The first-order valence-corrected chi connectivity index (χ1v) is 14.3. The van der Waals surface area contributed by atoms with Gasteiger partial charge in [-0.25, -0.2) is 9.37 Å². The summed E-state index contributed by atoms with van der Waals surface area (Å²) in [7, 11) is 0. The Morgan fingerprint density at radius 2 is 1.66 bits per heavy atom. The monoisotopic (exact) mass is 549 g/mol. The molecule has 1 aliphatic carbocycles. The fraction of sp³-hybridized carbons (Fsp3) is 0.357. The third-order valence-electron chi connectivity index (χ3n) is 7.56. The summed E-state index contributed by atoms with van der Waals surface area (Å²) in [6.07, 6.45) is 8.66. The van der Waals surface area contributed by atoms with Gasteiger partial charge in [-0.15, -0.1) is 0 Å². The average Bonchev–Trinajstić information content (AvgIpc) is 3.23. The predicted octanol–water partition coefficient (Wildman–Crippen LogP) is 4.69. The molecule has 196 valence electrons. The van der Waals surface area contributed by atoms with Gasteiger partial charge >= 0.3 is 0 Å². The van der Waals surface area contributed by atoms with Crippen molar-refractivity contribution in [1.29, 1.82) is 0 Å². The van der Waals surface area contributed by atoms with Crippen LogP contribution >= 0.6 is 24.0 Å². The van der Waals surface area contributed by atoms with Gasteiger partial charge in [-0.1, -0.05) is 61.4 Å². The number of rotatable bonds is 4. The maximum absolute atomic E-state index is 14.4. The fourth-order valence-corrected chi connectivity index (χ4v) is 6.97. The van der Waals surface area contributed by atoms with Crippen molar-refractivity contribution in [2.75, 3.05) is 36.0 Å². The lowest BCUT2D eigenvalue weighted by atomic mass is 9.94. The maximum atomic E-state index is 14.4. The van der Waals surface area contributed by atoms with E-state index in [-0.39, 0.29) is 23.3 Å². The van der Waals surface area contributed by atoms with E-state index in [1.165, 1.54) is 28.6 Å². The first-order chi connectivity index (χ1) is 18.5. The second-order valence-corrected chi connectivity index (χ2v) is 11.5. The van der Waals surface area contributed by atoms with E-state index in [2.05, 4.69) is 4.90 Å². The van der Waals surface area contributed by atoms with Gasteiger partial charge < -0.3 is 9.80 Å². The van der Waals surface area contributed by atoms with E-state index < -0.39 is 0 Å². The van der Waals surface area contributed by atoms with Crippen LogP contribution in [0, 0.1) is 5.82 Å². The highest BCUT2D eigenvalue weighted by Gasteiger charge is 2.38. The lowest BCUT2D eigenvalue weighted by Crippen LogP contribution is -2.47. The molecule has 3 aliphatic rings. The Balaban J connectivity index is 1.35. The summed E-state index contributed by atoms with van der Waals surface area (Å²) in [5.41, 5.74) is 1.25. The summed E-state index contributed by atoms with van der Waals surface area (Å²) in [6, 6.07) is 12.3. The number of piperazine rings is 1. The summed E-state index contributed by atoms with van der Waals surface area (Å²) in [5.74, 6) is 0.167. The molecule has 6 rings (SSSR count). The molecule has 0 spiro atoms. The molecule has 0 unspecified atom stereocenters. The smallest absolute Gasteiger partial charge is 0.267 e. The van der Waals surface area contributed by atoms with Gasteiger partial charge in [-0.05, 0) is 43.2 Å². The van der Waals surface area contributed by atoms with Crippen molar-refractivity contribution in [3.05, 3.63) is 75.3 Å². The maximum Gasteiger partial charge on any atom is 0.267 e. The first kappa shape index (κ1) is 25.1. The molecule has 10 heteroatoms. The number of hydrogen-bond donors (Lipinski definition) is 0. The van der Waals surface area contributed by atoms with Crippen LogP contribution in [-0.2, 0) is 4.79 Å². The number of hydrogen-bond acceptors (Lipinski definition) is 7. The number of anilines is 2. The Labute approximate surface area is 229 Å². The fourth-order valence-electron chi connectivity index (χ4n) is 5.59. The van der Waals surface area contributed by atoms with Crippen LogP contribution < -0.4 is 15.4 Å². The molecule has 1 saturated carbocycles. The van der Waals surface area contributed by atoms with Gasteiger partial charge in [0.25, 0.3) is 11.5 Å². The number of thiocarbonyl (C=S) groups is 1. The van der Waals surface area contributed by atoms with E-state index in [0.29, 0.717) is 58.1 Å². The molecule has 0 radical (unpaired) electrons. The van der Waals surface area contributed by atoms with Crippen molar-refractivity contribution in [1.82, 2.24) is 14.3 Å². The van der Waals surface area contributed by atoms with Crippen molar-refractivity contribution < 1.29 is 9.18 Å². The molecule has 38 heavy (non-hydrogen) atoms. The molecule has 3 fully saturated rings. The molecular formula is C28H28FN5O2S2. The zero-order valence-electron chi connectivity index (χ0n) is 20.9. The van der Waals surface area contributed by atoms with E-state index >= 15 is 0 Å². The van der Waals surface area contributed by atoms with Crippen LogP contribution in [-0.4, -0.2) is 56.7 Å². The van der Waals surface area contributed by atoms with Crippen LogP contribution in [0.3, 0.4) is 0 Å². The molecule has 0 N–H and O–H groups in total. The largest absolute Gasteiger partial charge is 0.366 e. The SMILES string of the molecule is O=C1/C(=C\c2c(N3CCN(c4ccccc4F)CC3)nc3ccccn3c2=O)SC(=S)N1C1CCCCC1. The van der Waals surface area contributed by atoms with E-state index in [9.17, 15) is 14.0 Å². The third kappa shape index (κ3) is 4.60. The molecule has 7 nitrogen and oxygen atoms in total. The minimum Gasteiger partial charge on any atom is -0.366 e. The predicted molar refractivity (Wildman–Crippen MR) is 154 cm³/mol. The van der Waals surface area contributed by atoms with Crippen molar-refractivity contribution >= 4 is 57.4 Å². The summed E-state index contributed by atoms with van der Waals surface area (Å²) in [4.78, 5) is 38.3. The van der Waals surface area contributed by atoms with Gasteiger partial charge in [0.05, 0.1) is 16.2 Å². The Bertz CT molecular complexity index is 1490. The lowest BCUT2D eigenvalue weighted by Gasteiger charge is -2.37. The quantitative estimate of drug-likeness (QED) is 0.346. The Morgan fingerprint density at radius 3 is 2.42 bits per heavy atom. The highest BCUT2D eigenvalue weighted by Crippen LogP contribution is 2.38. The molecule has 1 aromatic carbocycles. The highest BCUT2D eigenvalue weighted by molar-refractivity contribution is 8.26. The molecule has 4 heterocycles. The molecule has 3 aromatic rings. The normalized spacial score (nSPS) is 20.2. The van der Waals surface area contributed by atoms with Crippen LogP contribution in [0.4, 0.5) is 15.9 Å². The number of aromatic nitrogens is 2. The van der Waals surface area contributed by atoms with E-state index in [0.717, 1.165) is 25.7 Å². The average molecular weight is 550 g/mol. The van der Waals surface area contributed by atoms with Crippen molar-refractivity contribution in [3.8, 4) is 0 Å². The number of benzene rings is 1. The van der Waals surface area contributed by atoms with Gasteiger partial charge in [-0.3, -0.25) is 18.9 Å². The van der Waals surface area contributed by atoms with Crippen molar-refractivity contribution in [3.63, 3.8) is 0 Å². The Morgan fingerprint density at radius 1 is 0.947 bits per heavy atom. The first-order valence-electron chi connectivity index (χ1n) is 13.0. The zero-order chi connectivity index (χ0) is 26.2. The van der Waals surface area contributed by atoms with E-state index in [4.69, 9.17) is 17.2 Å². The summed E-state index contributed by atoms with van der Waals surface area (Å²) in [6.45, 7) is 2.29. The second kappa shape index (κ2) is 10.5. The lowest BCUT2D eigenvalue weighted by molar-refractivity contribution is -0.124. The van der Waals surface area contributed by atoms with Crippen LogP contribution in [0.2, 0.25) is 0 Å². The molecule has 0 bridgehead atoms. The van der Waals surface area contributed by atoms with Gasteiger partial charge in [0.2, 0.25) is 0 Å². The number of para-hydroxylation sites is 1. The standard InChI is InChI=1S/C28H28FN5O2S2/c29-21-10-4-5-11-22(21)31-14-16-32(17-15-31)25-20(26(35)33-13-7-6-12-24(33)30-25)18-23-27(36)34(28(37)38-23)19-8-2-1-3-9-19/h4-7,10-13,18-19H,1-3,8-9,14-17H2/b23-18+. The number of fused-ring (bicyclic) bond motifs is 1. The minimum absolute atomic E-state index is 0.125. The summed E-state index contributed by atoms with van der Waals surface area (Å²) >= 11 is 6.87. The molecular weight excluding hydrogens is 521 g/mol. The second-order valence-electron chi connectivity index (χ2n) is 9.85. The molecule has 2 aromatic heterocycles. The van der Waals surface area contributed by atoms with Crippen molar-refractivity contribution in [2.24, 2.45) is 0 Å². The Kier molecular flexibility index (Phi) is 6.92. The molecule has 0 atom stereocenters. The van der Waals surface area contributed by atoms with Crippen LogP contribution in [0.1, 0.15) is 37.7 Å². The zero-order valence-corrected chi connectivity index (χ0v) is 22.5. The highest BCUT2D eigenvalue weighted by atomic mass is 32.2. The number of nitrogens with zero attached hydrogens (tertiary/aromatic N) is 5. The minimum atomic E-state index is -0.247. The molecule has 1 amide bonds. The number of carbonyl (C=O) groups excluding carboxylic acids is 1. The molecule has 2 saturated heterocycles. The topological polar surface area (TPSA) is 61.2 Å². The summed E-state index contributed by atoms with van der Waals surface area (Å²) in [5, 5.41) is 0. The van der Waals surface area contributed by atoms with Crippen LogP contribution in [0.25, 0.3) is 11.7 Å². The molecule has 2 aliphatic heterocycles. The van der Waals surface area contributed by atoms with Gasteiger partial charge in [0.15, 0.2) is 0 Å². The number of pyridine rings is 1. The van der Waals surface area contributed by atoms with E-state index in [1.54, 1.807) is 41.4 Å². The Hall–Kier alpha value is -3.24. The van der Waals surface area contributed by atoms with Crippen LogP contribution in [0.5, 0.6) is 0 Å². The van der Waals surface area contributed by atoms with Crippen molar-refractivity contribution in [2.45, 2.75) is 38.1 Å². The number of halogens is 1. The van der Waals surface area contributed by atoms with Gasteiger partial charge in [0, 0.05) is 38.4 Å². The van der Waals surface area contributed by atoms with Gasteiger partial charge in [0.1, 0.15) is 21.6 Å². The van der Waals surface area contributed by atoms with Gasteiger partial charge in [-0.2, -0.15) is 0 Å². The summed E-state index contributed by atoms with van der Waals surface area (Å²) < 4.78 is 16.4. The third-order valence-corrected chi connectivity index (χ3v) is 8.89. The van der Waals surface area contributed by atoms with Crippen LogP contribution in [0.15, 0.2) is 58.4 Å². The van der Waals surface area contributed by atoms with E-state index in [1.807, 2.05) is 17.0 Å². The number of thioether (sulfide) groups is 1.